The van der Waals surface area contributed by atoms with Crippen LogP contribution in [-0.4, -0.2) is 12.1 Å². The van der Waals surface area contributed by atoms with Crippen molar-refractivity contribution in [1.82, 2.24) is 0 Å². The van der Waals surface area contributed by atoms with E-state index in [1.807, 2.05) is 0 Å². The molecule has 1 saturated heterocycles. The zero-order chi connectivity index (χ0) is 17.4. The van der Waals surface area contributed by atoms with E-state index >= 15 is 0 Å². The van der Waals surface area contributed by atoms with Crippen molar-refractivity contribution in [1.29, 1.82) is 0 Å². The van der Waals surface area contributed by atoms with Gasteiger partial charge >= 0.3 is 0 Å². The van der Waals surface area contributed by atoms with Crippen molar-refractivity contribution in [3.05, 3.63) is 65.2 Å². The molecule has 0 bridgehead atoms. The fourth-order valence-electron chi connectivity index (χ4n) is 4.66. The summed E-state index contributed by atoms with van der Waals surface area (Å²) in [6.07, 6.45) is 3.54. The van der Waals surface area contributed by atoms with E-state index in [0.29, 0.717) is 0 Å². The maximum atomic E-state index is 2.68. The lowest BCUT2D eigenvalue weighted by molar-refractivity contribution is 0.444. The molecule has 2 aromatic carbocycles. The van der Waals surface area contributed by atoms with E-state index in [0.717, 1.165) is 13.0 Å². The van der Waals surface area contributed by atoms with Gasteiger partial charge in [-0.15, -0.1) is 0 Å². The summed E-state index contributed by atoms with van der Waals surface area (Å²) >= 11 is 0. The second kappa shape index (κ2) is 6.27. The van der Waals surface area contributed by atoms with Crippen LogP contribution in [0.25, 0.3) is 0 Å². The molecule has 1 heteroatoms. The van der Waals surface area contributed by atoms with Crippen molar-refractivity contribution in [3.8, 4) is 0 Å². The number of rotatable bonds is 4. The van der Waals surface area contributed by atoms with E-state index in [9.17, 15) is 0 Å². The predicted molar refractivity (Wildman–Crippen MR) is 105 cm³/mol. The maximum Gasteiger partial charge on any atom is 0.0433 e. The highest BCUT2D eigenvalue weighted by Gasteiger charge is 2.47. The van der Waals surface area contributed by atoms with Crippen LogP contribution in [0.1, 0.15) is 57.2 Å². The van der Waals surface area contributed by atoms with Gasteiger partial charge in [0.2, 0.25) is 0 Å². The van der Waals surface area contributed by atoms with Crippen molar-refractivity contribution in [2.45, 2.75) is 64.8 Å². The van der Waals surface area contributed by atoms with Gasteiger partial charge in [0, 0.05) is 23.2 Å². The van der Waals surface area contributed by atoms with Crippen LogP contribution in [0, 0.1) is 6.92 Å². The van der Waals surface area contributed by atoms with Crippen molar-refractivity contribution >= 4 is 5.69 Å². The van der Waals surface area contributed by atoms with E-state index in [1.165, 1.54) is 35.2 Å². The second-order valence-electron chi connectivity index (χ2n) is 8.33. The summed E-state index contributed by atoms with van der Waals surface area (Å²) in [5.41, 5.74) is 6.22. The van der Waals surface area contributed by atoms with Crippen LogP contribution in [0.2, 0.25) is 0 Å². The number of aryl methyl sites for hydroxylation is 2. The fraction of sp³-hybridized carbons (Fsp3) is 0.478. The topological polar surface area (TPSA) is 3.24 Å². The zero-order valence-corrected chi connectivity index (χ0v) is 15.9. The molecule has 2 aromatic rings. The van der Waals surface area contributed by atoms with Crippen molar-refractivity contribution in [2.24, 2.45) is 0 Å². The summed E-state index contributed by atoms with van der Waals surface area (Å²) in [7, 11) is 0. The molecule has 0 radical (unpaired) electrons. The fourth-order valence-corrected chi connectivity index (χ4v) is 4.66. The van der Waals surface area contributed by atoms with Gasteiger partial charge in [-0.1, -0.05) is 68.8 Å². The van der Waals surface area contributed by atoms with Gasteiger partial charge in [-0.3, -0.25) is 0 Å². The van der Waals surface area contributed by atoms with Crippen molar-refractivity contribution < 1.29 is 0 Å². The summed E-state index contributed by atoms with van der Waals surface area (Å²) < 4.78 is 0. The predicted octanol–water partition coefficient (Wildman–Crippen LogP) is 5.89. The molecule has 1 unspecified atom stereocenters. The van der Waals surface area contributed by atoms with E-state index in [2.05, 4.69) is 88.0 Å². The molecule has 0 aliphatic carbocycles. The van der Waals surface area contributed by atoms with Crippen LogP contribution in [0.15, 0.2) is 48.5 Å². The summed E-state index contributed by atoms with van der Waals surface area (Å²) in [4.78, 5) is 2.68. The van der Waals surface area contributed by atoms with Crippen LogP contribution in [0.4, 0.5) is 5.69 Å². The summed E-state index contributed by atoms with van der Waals surface area (Å²) in [6, 6.07) is 17.9. The van der Waals surface area contributed by atoms with Gasteiger partial charge in [0.05, 0.1) is 0 Å². The first-order valence-electron chi connectivity index (χ1n) is 9.29. The van der Waals surface area contributed by atoms with Gasteiger partial charge in [-0.25, -0.2) is 0 Å². The molecular formula is C23H31N. The van der Waals surface area contributed by atoms with Gasteiger partial charge in [0.1, 0.15) is 0 Å². The van der Waals surface area contributed by atoms with Gasteiger partial charge in [-0.2, -0.15) is 0 Å². The Morgan fingerprint density at radius 1 is 0.958 bits per heavy atom. The molecule has 1 aliphatic rings. The molecule has 128 valence electrons. The number of para-hydroxylation sites is 1. The first kappa shape index (κ1) is 17.1. The third-order valence-electron chi connectivity index (χ3n) is 5.64. The average Bonchev–Trinajstić information content (AvgIpc) is 2.79. The molecule has 1 aliphatic heterocycles. The lowest BCUT2D eigenvalue weighted by atomic mass is 9.78. The molecule has 3 rings (SSSR count). The second-order valence-corrected chi connectivity index (χ2v) is 8.33. The molecule has 0 spiro atoms. The van der Waals surface area contributed by atoms with E-state index in [-0.39, 0.29) is 11.0 Å². The normalized spacial score (nSPS) is 22.8. The monoisotopic (exact) mass is 321 g/mol. The first-order chi connectivity index (χ1) is 11.4. The van der Waals surface area contributed by atoms with E-state index in [1.54, 1.807) is 0 Å². The lowest BCUT2D eigenvalue weighted by Crippen LogP contribution is -2.39. The van der Waals surface area contributed by atoms with Crippen LogP contribution >= 0.6 is 0 Å². The Kier molecular flexibility index (Phi) is 4.46. The molecule has 0 aromatic heterocycles. The number of hydrogen-bond acceptors (Lipinski definition) is 1. The largest absolute Gasteiger partial charge is 0.365 e. The first-order valence-corrected chi connectivity index (χ1v) is 9.29. The van der Waals surface area contributed by atoms with Crippen LogP contribution in [0.3, 0.4) is 0 Å². The minimum absolute atomic E-state index is 0.166. The standard InChI is InChI=1S/C23H31N/c1-6-11-19-13-10-12-18(2)21(19)24-17-23(5,16-22(24,3)4)20-14-8-7-9-15-20/h7-10,12-15H,6,11,16-17H2,1-5H3. The van der Waals surface area contributed by atoms with E-state index < -0.39 is 0 Å². The van der Waals surface area contributed by atoms with Crippen LogP contribution in [0.5, 0.6) is 0 Å². The van der Waals surface area contributed by atoms with Crippen molar-refractivity contribution in [3.63, 3.8) is 0 Å². The van der Waals surface area contributed by atoms with Crippen LogP contribution < -0.4 is 4.90 Å². The average molecular weight is 322 g/mol. The number of anilines is 1. The summed E-state index contributed by atoms with van der Waals surface area (Å²) in [5, 5.41) is 0. The molecule has 1 fully saturated rings. The molecule has 0 saturated carbocycles. The Morgan fingerprint density at radius 3 is 2.33 bits per heavy atom. The van der Waals surface area contributed by atoms with Gasteiger partial charge < -0.3 is 4.90 Å². The molecule has 0 N–H and O–H groups in total. The highest BCUT2D eigenvalue weighted by Crippen LogP contribution is 2.47. The number of hydrogen-bond donors (Lipinski definition) is 0. The van der Waals surface area contributed by atoms with Crippen LogP contribution in [-0.2, 0) is 11.8 Å². The minimum Gasteiger partial charge on any atom is -0.365 e. The molecule has 1 atom stereocenters. The zero-order valence-electron chi connectivity index (χ0n) is 15.9. The third kappa shape index (κ3) is 2.97. The van der Waals surface area contributed by atoms with Gasteiger partial charge in [0.25, 0.3) is 0 Å². The Bertz CT molecular complexity index is 701. The summed E-state index contributed by atoms with van der Waals surface area (Å²) in [5.74, 6) is 0. The Morgan fingerprint density at radius 2 is 1.67 bits per heavy atom. The highest BCUT2D eigenvalue weighted by atomic mass is 15.2. The summed E-state index contributed by atoms with van der Waals surface area (Å²) in [6.45, 7) is 12.9. The number of benzene rings is 2. The Hall–Kier alpha value is -1.76. The molecular weight excluding hydrogens is 290 g/mol. The SMILES string of the molecule is CCCc1cccc(C)c1N1CC(C)(c2ccccc2)CC1(C)C. The molecule has 24 heavy (non-hydrogen) atoms. The van der Waals surface area contributed by atoms with Crippen molar-refractivity contribution in [2.75, 3.05) is 11.4 Å². The van der Waals surface area contributed by atoms with E-state index in [4.69, 9.17) is 0 Å². The maximum absolute atomic E-state index is 2.68. The molecule has 0 amide bonds. The van der Waals surface area contributed by atoms with Gasteiger partial charge in [0.15, 0.2) is 0 Å². The Labute approximate surface area is 147 Å². The molecule has 1 nitrogen and oxygen atoms in total. The lowest BCUT2D eigenvalue weighted by Gasteiger charge is -2.36. The number of nitrogens with zero attached hydrogens (tertiary/aromatic N) is 1. The Balaban J connectivity index is 2.04. The molecule has 1 heterocycles. The smallest absolute Gasteiger partial charge is 0.0433 e. The quantitative estimate of drug-likeness (QED) is 0.678. The van der Waals surface area contributed by atoms with Gasteiger partial charge in [-0.05, 0) is 50.3 Å². The minimum atomic E-state index is 0.166. The third-order valence-corrected chi connectivity index (χ3v) is 5.64. The highest BCUT2D eigenvalue weighted by molar-refractivity contribution is 5.63.